The Bertz CT molecular complexity index is 1690. The van der Waals surface area contributed by atoms with Crippen LogP contribution in [0.1, 0.15) is 21.0 Å². The molecule has 1 saturated heterocycles. The van der Waals surface area contributed by atoms with Crippen LogP contribution in [0.5, 0.6) is 0 Å². The molecule has 4 aliphatic rings. The first-order valence-corrected chi connectivity index (χ1v) is 17.5. The second-order valence-electron chi connectivity index (χ2n) is 10.8. The van der Waals surface area contributed by atoms with Gasteiger partial charge in [-0.25, -0.2) is 9.98 Å². The number of nitrogens with one attached hydrogen (secondary N) is 7. The van der Waals surface area contributed by atoms with Gasteiger partial charge in [-0.1, -0.05) is 0 Å². The molecule has 0 unspecified atom stereocenters. The van der Waals surface area contributed by atoms with Crippen molar-refractivity contribution < 1.29 is 37.4 Å². The molecule has 0 aromatic carbocycles. The van der Waals surface area contributed by atoms with E-state index in [0.29, 0.717) is 18.2 Å². The van der Waals surface area contributed by atoms with E-state index in [4.69, 9.17) is 16.2 Å². The number of fused-ring (bicyclic) bond motifs is 2. The molecule has 3 aliphatic heterocycles. The van der Waals surface area contributed by atoms with Gasteiger partial charge in [0.15, 0.2) is 17.2 Å². The third-order valence-corrected chi connectivity index (χ3v) is 13.3. The minimum absolute atomic E-state index is 0.0798. The van der Waals surface area contributed by atoms with Crippen LogP contribution in [0.3, 0.4) is 0 Å². The highest BCUT2D eigenvalue weighted by atomic mass is 79.9. The van der Waals surface area contributed by atoms with Crippen LogP contribution in [0.15, 0.2) is 35.3 Å². The smallest absolute Gasteiger partial charge is 0.344 e. The number of hydrogen-bond donors (Lipinski definition) is 11. The molecule has 2 aromatic rings. The molecule has 2 fully saturated rings. The van der Waals surface area contributed by atoms with Gasteiger partial charge in [-0.3, -0.25) is 25.2 Å². The summed E-state index contributed by atoms with van der Waals surface area (Å²) in [4.78, 5) is 39.1. The first-order valence-electron chi connectivity index (χ1n) is 12.8. The topological polar surface area (TPSA) is 276 Å². The van der Waals surface area contributed by atoms with Crippen LogP contribution in [0.4, 0.5) is 0 Å². The number of rotatable bonds is 7. The Morgan fingerprint density at radius 1 is 1.00 bits per heavy atom. The lowest BCUT2D eigenvalue weighted by atomic mass is 9.71. The monoisotopic (exact) mass is 889 g/mol. The fourth-order valence-electron chi connectivity index (χ4n) is 6.93. The summed E-state index contributed by atoms with van der Waals surface area (Å²) in [5, 5.41) is 21.5. The molecular weight excluding hydrogens is 868 g/mol. The van der Waals surface area contributed by atoms with Gasteiger partial charge in [0.2, 0.25) is 12.5 Å². The average molecular weight is 893 g/mol. The number of amides is 2. The molecule has 238 valence electrons. The van der Waals surface area contributed by atoms with Crippen LogP contribution in [0, 0.1) is 17.8 Å². The Balaban J connectivity index is 1.42. The minimum Gasteiger partial charge on any atom is -0.370 e. The largest absolute Gasteiger partial charge is 0.370 e. The van der Waals surface area contributed by atoms with Crippen molar-refractivity contribution in [2.45, 2.75) is 29.0 Å². The van der Waals surface area contributed by atoms with Gasteiger partial charge in [0.25, 0.3) is 21.9 Å². The molecule has 5 heterocycles. The van der Waals surface area contributed by atoms with E-state index < -0.39 is 68.7 Å². The highest BCUT2D eigenvalue weighted by molar-refractivity contribution is 9.13. The van der Waals surface area contributed by atoms with E-state index >= 15 is 0 Å². The number of aliphatic hydroxyl groups is 1. The molecule has 1 spiro atoms. The molecule has 22 heteroatoms. The van der Waals surface area contributed by atoms with Crippen LogP contribution in [-0.4, -0.2) is 93.8 Å². The van der Waals surface area contributed by atoms with Crippen molar-refractivity contribution in [2.24, 2.45) is 34.2 Å². The second-order valence-corrected chi connectivity index (χ2v) is 15.6. The van der Waals surface area contributed by atoms with Gasteiger partial charge in [0, 0.05) is 19.0 Å². The van der Waals surface area contributed by atoms with Crippen molar-refractivity contribution in [3.8, 4) is 0 Å². The van der Waals surface area contributed by atoms with Crippen molar-refractivity contribution in [1.29, 1.82) is 0 Å². The molecule has 2 aromatic heterocycles. The quantitative estimate of drug-likeness (QED) is 0.132. The number of halogens is 4. The summed E-state index contributed by atoms with van der Waals surface area (Å²) in [6.45, 7) is -0.544. The van der Waals surface area contributed by atoms with Gasteiger partial charge in [0.1, 0.15) is 16.6 Å². The zero-order valence-electron chi connectivity index (χ0n) is 22.0. The van der Waals surface area contributed by atoms with Gasteiger partial charge in [-0.05, 0) is 81.8 Å². The Kier molecular flexibility index (Phi) is 7.91. The number of carbonyl (C=O) groups is 2. The predicted molar refractivity (Wildman–Crippen MR) is 167 cm³/mol. The molecule has 1 aliphatic carbocycles. The maximum Gasteiger partial charge on any atom is 0.344 e. The van der Waals surface area contributed by atoms with Crippen LogP contribution in [0.2, 0.25) is 0 Å². The number of aromatic nitrogens is 2. The fourth-order valence-corrected chi connectivity index (χ4v) is 9.80. The number of carbonyl (C=O) groups excluding carboxylic acids is 2. The van der Waals surface area contributed by atoms with Crippen molar-refractivity contribution in [3.05, 3.63) is 41.7 Å². The van der Waals surface area contributed by atoms with E-state index in [9.17, 15) is 27.7 Å². The van der Waals surface area contributed by atoms with E-state index in [-0.39, 0.29) is 36.4 Å². The van der Waals surface area contributed by atoms with E-state index in [1.807, 2.05) is 0 Å². The maximum atomic E-state index is 13.3. The predicted octanol–water partition coefficient (Wildman–Crippen LogP) is -2.30. The minimum atomic E-state index is -4.98. The van der Waals surface area contributed by atoms with Crippen LogP contribution < -0.4 is 37.7 Å². The maximum absolute atomic E-state index is 13.3. The Morgan fingerprint density at radius 3 is 2.05 bits per heavy atom. The number of aromatic amines is 2. The van der Waals surface area contributed by atoms with Crippen LogP contribution in [-0.2, 0) is 14.9 Å². The van der Waals surface area contributed by atoms with Crippen LogP contribution >= 0.6 is 63.7 Å². The average Bonchev–Trinajstić information content (AvgIpc) is 3.68. The van der Waals surface area contributed by atoms with Crippen molar-refractivity contribution >= 4 is 97.6 Å². The number of hydrogen-bond acceptors (Lipinski definition) is 11. The van der Waals surface area contributed by atoms with Gasteiger partial charge in [-0.2, -0.15) is 8.42 Å². The first-order chi connectivity index (χ1) is 20.6. The number of ether oxygens (including phenoxy) is 1. The molecule has 1 saturated carbocycles. The van der Waals surface area contributed by atoms with E-state index in [1.54, 1.807) is 6.07 Å². The van der Waals surface area contributed by atoms with E-state index in [1.165, 1.54) is 6.07 Å². The summed E-state index contributed by atoms with van der Waals surface area (Å²) < 4.78 is 45.6. The molecule has 0 bridgehead atoms. The van der Waals surface area contributed by atoms with E-state index in [2.05, 4.69) is 105 Å². The Labute approximate surface area is 282 Å². The molecule has 17 nitrogen and oxygen atoms in total. The number of nitrogens with two attached hydrogens (primary N) is 2. The number of guanidine groups is 2. The van der Waals surface area contributed by atoms with Gasteiger partial charge < -0.3 is 41.5 Å². The van der Waals surface area contributed by atoms with E-state index in [0.717, 1.165) is 0 Å². The summed E-state index contributed by atoms with van der Waals surface area (Å²) in [6, 6.07) is 3.06. The van der Waals surface area contributed by atoms with Crippen molar-refractivity contribution in [2.75, 3.05) is 13.1 Å². The lowest BCUT2D eigenvalue weighted by Gasteiger charge is -2.49. The molecule has 44 heavy (non-hydrogen) atoms. The summed E-state index contributed by atoms with van der Waals surface area (Å²) in [6.07, 6.45) is -2.55. The Hall–Kier alpha value is -2.21. The second kappa shape index (κ2) is 11.0. The first kappa shape index (κ1) is 31.8. The molecule has 2 amide bonds. The molecular formula is C22H25Br4N10O7S+. The van der Waals surface area contributed by atoms with Gasteiger partial charge in [0.05, 0.1) is 24.1 Å². The van der Waals surface area contributed by atoms with Gasteiger partial charge >= 0.3 is 5.96 Å². The zero-order chi connectivity index (χ0) is 31.9. The number of nitrogens with zero attached hydrogens (tertiary/aromatic N) is 1. The normalized spacial score (nSPS) is 33.8. The molecule has 8 atom stereocenters. The Morgan fingerprint density at radius 2 is 1.55 bits per heavy atom. The molecule has 0 radical (unpaired) electrons. The summed E-state index contributed by atoms with van der Waals surface area (Å²) in [5.41, 5.74) is 8.44. The highest BCUT2D eigenvalue weighted by Crippen LogP contribution is 2.57. The van der Waals surface area contributed by atoms with Crippen LogP contribution in [0.25, 0.3) is 0 Å². The van der Waals surface area contributed by atoms with Crippen molar-refractivity contribution in [1.82, 2.24) is 31.2 Å². The van der Waals surface area contributed by atoms with Gasteiger partial charge in [-0.15, -0.1) is 0 Å². The lowest BCUT2D eigenvalue weighted by Crippen LogP contribution is -2.88. The third-order valence-electron chi connectivity index (χ3n) is 8.38. The highest BCUT2D eigenvalue weighted by Gasteiger charge is 2.81. The molecule has 6 rings (SSSR count). The SMILES string of the molecule is NC1=N[C@@H]2O[C@@H]3[NH+]=C(N)N[C@]34[C@H]([C@@H](CNC(=O)c3cc(Br)c(Br)[nH]3)[C@@H](CNC(=O)c3cc(Br)c(Br)[nH]3)[C@@H]4S(=O)(=O)O)[C@]2(O)N1. The molecule has 13 N–H and O–H groups in total. The zero-order valence-corrected chi connectivity index (χ0v) is 29.2. The third kappa shape index (κ3) is 4.97. The van der Waals surface area contributed by atoms with Crippen molar-refractivity contribution in [3.63, 3.8) is 0 Å². The number of H-pyrrole nitrogens is 2. The standard InChI is InChI=1S/C22H24Br4N10O7S/c23-7-1-9(31-13(7)25)15(37)29-3-5-6(4-30-16(38)10-2-8(24)14(26)32-10)12(44(40,41)42)21-11(5)22(39)18(34-20(28)36-22)43-17(21)33-19(27)35-21/h1-2,5-6,11-12,17-18,31-32,39H,3-4H2,(H,29,37)(H,30,38)(H3,27,33,35)(H3,28,34,36)(H,40,41,42)/p+1/t5-,6+,11-,12-,17-,18+,21-,22+/m0/s1. The lowest BCUT2D eigenvalue weighted by molar-refractivity contribution is -0.581. The summed E-state index contributed by atoms with van der Waals surface area (Å²) in [7, 11) is -4.98. The fraction of sp³-hybridized carbons (Fsp3) is 0.455. The summed E-state index contributed by atoms with van der Waals surface area (Å²) in [5.74, 6) is -4.68. The summed E-state index contributed by atoms with van der Waals surface area (Å²) >= 11 is 13.2. The number of aliphatic imine (C=N–C) groups is 1.